The van der Waals surface area contributed by atoms with Gasteiger partial charge in [-0.1, -0.05) is 60.7 Å². The number of nitrogens with zero attached hydrogens (tertiary/aromatic N) is 1. The lowest BCUT2D eigenvalue weighted by Gasteiger charge is -2.54. The number of fused-ring (bicyclic) bond motifs is 1. The molecule has 2 aliphatic heterocycles. The van der Waals surface area contributed by atoms with Crippen LogP contribution in [0.25, 0.3) is 0 Å². The molecule has 1 saturated heterocycles. The van der Waals surface area contributed by atoms with E-state index in [1.54, 1.807) is 0 Å². The average molecular weight is 512 g/mol. The molecular formula is C25H25N3O7S. The third-order valence-corrected chi connectivity index (χ3v) is 7.06. The summed E-state index contributed by atoms with van der Waals surface area (Å²) in [6.45, 7) is 0.487. The summed E-state index contributed by atoms with van der Waals surface area (Å²) in [5, 5.41) is -0.806. The van der Waals surface area contributed by atoms with E-state index in [1.807, 2.05) is 60.7 Å². The fourth-order valence-electron chi connectivity index (χ4n) is 3.97. The first kappa shape index (κ1) is 25.4. The molecule has 0 unspecified atom stereocenters. The Kier molecular flexibility index (Phi) is 7.43. The number of ether oxygens (including phenoxy) is 3. The molecule has 0 radical (unpaired) electrons. The maximum atomic E-state index is 13.6. The SMILES string of the molecule is CC(=O)OCC1=C(C(=O)OC(c2ccccc2)c2ccccc2)N2C(=O)[C@@](N)(OCC(N)=O)[C@H]2SC1. The molecule has 0 bridgehead atoms. The average Bonchev–Trinajstić information content (AvgIpc) is 2.89. The molecule has 2 heterocycles. The molecule has 4 N–H and O–H groups in total. The molecule has 0 saturated carbocycles. The Balaban J connectivity index is 1.67. The zero-order valence-corrected chi connectivity index (χ0v) is 20.2. The van der Waals surface area contributed by atoms with E-state index in [1.165, 1.54) is 23.6 Å². The van der Waals surface area contributed by atoms with Crippen LogP contribution in [0.2, 0.25) is 0 Å². The van der Waals surface area contributed by atoms with E-state index in [0.717, 1.165) is 11.1 Å². The van der Waals surface area contributed by atoms with Crippen molar-refractivity contribution in [3.8, 4) is 0 Å². The quantitative estimate of drug-likeness (QED) is 0.287. The number of benzene rings is 2. The summed E-state index contributed by atoms with van der Waals surface area (Å²) in [6, 6.07) is 18.3. The smallest absolute Gasteiger partial charge is 0.356 e. The molecule has 2 atom stereocenters. The highest BCUT2D eigenvalue weighted by Gasteiger charge is 2.64. The lowest BCUT2D eigenvalue weighted by atomic mass is 9.99. The fraction of sp³-hybridized carbons (Fsp3) is 0.280. The van der Waals surface area contributed by atoms with Gasteiger partial charge in [0.25, 0.3) is 5.91 Å². The number of hydrogen-bond donors (Lipinski definition) is 2. The molecule has 36 heavy (non-hydrogen) atoms. The maximum absolute atomic E-state index is 13.6. The van der Waals surface area contributed by atoms with Gasteiger partial charge < -0.3 is 19.9 Å². The van der Waals surface area contributed by atoms with Gasteiger partial charge in [0.05, 0.1) is 0 Å². The van der Waals surface area contributed by atoms with E-state index < -0.39 is 47.6 Å². The summed E-state index contributed by atoms with van der Waals surface area (Å²) in [4.78, 5) is 50.6. The number of esters is 2. The summed E-state index contributed by atoms with van der Waals surface area (Å²) >= 11 is 1.21. The number of nitrogens with two attached hydrogens (primary N) is 2. The second-order valence-corrected chi connectivity index (χ2v) is 9.29. The Morgan fingerprint density at radius 2 is 1.67 bits per heavy atom. The minimum atomic E-state index is -1.84. The second kappa shape index (κ2) is 10.5. The van der Waals surface area contributed by atoms with Crippen molar-refractivity contribution in [2.75, 3.05) is 19.0 Å². The number of β-lactam (4-membered cyclic amide) rings is 1. The van der Waals surface area contributed by atoms with Crippen molar-refractivity contribution in [3.63, 3.8) is 0 Å². The van der Waals surface area contributed by atoms with Crippen LogP contribution in [-0.2, 0) is 33.4 Å². The van der Waals surface area contributed by atoms with Crippen LogP contribution in [-0.4, -0.2) is 58.7 Å². The topological polar surface area (TPSA) is 151 Å². The van der Waals surface area contributed by atoms with Gasteiger partial charge >= 0.3 is 11.9 Å². The first-order valence-corrected chi connectivity index (χ1v) is 12.1. The van der Waals surface area contributed by atoms with Gasteiger partial charge in [-0.3, -0.25) is 25.0 Å². The molecule has 0 spiro atoms. The molecule has 0 aromatic heterocycles. The van der Waals surface area contributed by atoms with Gasteiger partial charge in [0, 0.05) is 18.2 Å². The standard InChI is InChI=1S/C25H25N3O7S/c1-15(29)33-12-18-14-36-24-25(27,34-13-19(26)30)23(32)28(24)20(18)22(31)35-21(16-8-4-2-5-9-16)17-10-6-3-7-11-17/h2-11,21,24H,12-14,27H2,1H3,(H2,26,30)/t24-,25-/m1/s1. The van der Waals surface area contributed by atoms with Crippen molar-refractivity contribution < 1.29 is 33.4 Å². The monoisotopic (exact) mass is 511 g/mol. The maximum Gasteiger partial charge on any atom is 0.356 e. The van der Waals surface area contributed by atoms with Gasteiger partial charge in [-0.25, -0.2) is 4.79 Å². The zero-order valence-electron chi connectivity index (χ0n) is 19.4. The number of primary amides is 1. The van der Waals surface area contributed by atoms with Crippen molar-refractivity contribution in [2.45, 2.75) is 24.1 Å². The van der Waals surface area contributed by atoms with Crippen LogP contribution in [0.15, 0.2) is 71.9 Å². The zero-order chi connectivity index (χ0) is 25.9. The second-order valence-electron chi connectivity index (χ2n) is 8.23. The van der Waals surface area contributed by atoms with Crippen molar-refractivity contribution in [1.29, 1.82) is 0 Å². The molecule has 11 heteroatoms. The minimum absolute atomic E-state index is 0.0642. The van der Waals surface area contributed by atoms with Gasteiger partial charge in [-0.15, -0.1) is 11.8 Å². The molecule has 2 aliphatic rings. The van der Waals surface area contributed by atoms with Crippen LogP contribution < -0.4 is 11.5 Å². The highest BCUT2D eigenvalue weighted by Crippen LogP contribution is 2.46. The molecule has 2 amide bonds. The largest absolute Gasteiger partial charge is 0.461 e. The first-order valence-electron chi connectivity index (χ1n) is 11.0. The fourth-order valence-corrected chi connectivity index (χ4v) is 5.32. The minimum Gasteiger partial charge on any atom is -0.461 e. The number of carbonyl (C=O) groups is 4. The third-order valence-electron chi connectivity index (χ3n) is 5.67. The third kappa shape index (κ3) is 4.99. The number of hydrogen-bond acceptors (Lipinski definition) is 9. The van der Waals surface area contributed by atoms with E-state index >= 15 is 0 Å². The van der Waals surface area contributed by atoms with Gasteiger partial charge in [-0.05, 0) is 11.1 Å². The number of carbonyl (C=O) groups excluding carboxylic acids is 4. The molecule has 4 rings (SSSR count). The Labute approximate surface area is 211 Å². The highest BCUT2D eigenvalue weighted by molar-refractivity contribution is 8.00. The van der Waals surface area contributed by atoms with E-state index in [0.29, 0.717) is 5.57 Å². The van der Waals surface area contributed by atoms with Crippen LogP contribution in [0.5, 0.6) is 0 Å². The molecular weight excluding hydrogens is 486 g/mol. The van der Waals surface area contributed by atoms with Gasteiger partial charge in [0.1, 0.15) is 24.3 Å². The predicted molar refractivity (Wildman–Crippen MR) is 130 cm³/mol. The van der Waals surface area contributed by atoms with Gasteiger partial charge in [0.15, 0.2) is 6.10 Å². The van der Waals surface area contributed by atoms with E-state index in [9.17, 15) is 19.2 Å². The normalized spacial score (nSPS) is 21.0. The molecule has 188 valence electrons. The van der Waals surface area contributed by atoms with Crippen LogP contribution in [0.3, 0.4) is 0 Å². The van der Waals surface area contributed by atoms with Crippen LogP contribution in [0.1, 0.15) is 24.2 Å². The predicted octanol–water partition coefficient (Wildman–Crippen LogP) is 1.21. The number of rotatable bonds is 9. The van der Waals surface area contributed by atoms with Gasteiger partial charge in [0.2, 0.25) is 11.6 Å². The first-order chi connectivity index (χ1) is 17.2. The van der Waals surface area contributed by atoms with Crippen molar-refractivity contribution in [2.24, 2.45) is 11.5 Å². The summed E-state index contributed by atoms with van der Waals surface area (Å²) in [5.74, 6) is -2.63. The van der Waals surface area contributed by atoms with E-state index in [4.69, 9.17) is 25.7 Å². The lowest BCUT2D eigenvalue weighted by Crippen LogP contribution is -2.79. The van der Waals surface area contributed by atoms with Crippen molar-refractivity contribution in [1.82, 2.24) is 4.90 Å². The Hall–Kier alpha value is -3.67. The van der Waals surface area contributed by atoms with E-state index in [-0.39, 0.29) is 18.1 Å². The van der Waals surface area contributed by atoms with Crippen LogP contribution in [0, 0.1) is 0 Å². The molecule has 2 aromatic rings. The Bertz CT molecular complexity index is 1170. The molecule has 0 aliphatic carbocycles. The molecule has 1 fully saturated rings. The summed E-state index contributed by atoms with van der Waals surface area (Å²) in [7, 11) is 0. The van der Waals surface area contributed by atoms with Crippen molar-refractivity contribution >= 4 is 35.5 Å². The number of thioether (sulfide) groups is 1. The Morgan fingerprint density at radius 3 is 2.19 bits per heavy atom. The Morgan fingerprint density at radius 1 is 1.08 bits per heavy atom. The van der Waals surface area contributed by atoms with Crippen molar-refractivity contribution in [3.05, 3.63) is 83.1 Å². The summed E-state index contributed by atoms with van der Waals surface area (Å²) in [5.41, 5.74) is 11.3. The van der Waals surface area contributed by atoms with Gasteiger partial charge in [-0.2, -0.15) is 0 Å². The summed E-state index contributed by atoms with van der Waals surface area (Å²) in [6.07, 6.45) is -0.763. The number of amides is 2. The summed E-state index contributed by atoms with van der Waals surface area (Å²) < 4.78 is 16.4. The lowest BCUT2D eigenvalue weighted by molar-refractivity contribution is -0.189. The molecule has 2 aromatic carbocycles. The van der Waals surface area contributed by atoms with Crippen LogP contribution in [0.4, 0.5) is 0 Å². The van der Waals surface area contributed by atoms with Crippen LogP contribution >= 0.6 is 11.8 Å². The van der Waals surface area contributed by atoms with E-state index in [2.05, 4.69) is 0 Å². The molecule has 10 nitrogen and oxygen atoms in total. The highest BCUT2D eigenvalue weighted by atomic mass is 32.2.